The van der Waals surface area contributed by atoms with Crippen LogP contribution in [0.5, 0.6) is 0 Å². The highest BCUT2D eigenvalue weighted by Gasteiger charge is 2.53. The fraction of sp³-hybridized carbons (Fsp3) is 0.440. The van der Waals surface area contributed by atoms with Crippen LogP contribution in [0.3, 0.4) is 0 Å². The summed E-state index contributed by atoms with van der Waals surface area (Å²) in [6.07, 6.45) is -6.48. The van der Waals surface area contributed by atoms with Gasteiger partial charge in [-0.1, -0.05) is 71.2 Å². The van der Waals surface area contributed by atoms with E-state index in [4.69, 9.17) is 68.6 Å². The number of hydrogen-bond donors (Lipinski definition) is 1. The van der Waals surface area contributed by atoms with Crippen molar-refractivity contribution in [3.8, 4) is 0 Å². The third-order valence-electron chi connectivity index (χ3n) is 5.39. The van der Waals surface area contributed by atoms with Crippen molar-refractivity contribution in [3.63, 3.8) is 0 Å². The van der Waals surface area contributed by atoms with Crippen LogP contribution in [0.1, 0.15) is 26.3 Å². The molecule has 5 atom stereocenters. The van der Waals surface area contributed by atoms with E-state index in [2.05, 4.69) is 0 Å². The van der Waals surface area contributed by atoms with E-state index in [1.807, 2.05) is 42.5 Å². The zero-order chi connectivity index (χ0) is 28.0. The largest absolute Gasteiger partial charge is 0.463 e. The minimum Gasteiger partial charge on any atom is -0.463 e. The van der Waals surface area contributed by atoms with Gasteiger partial charge in [0, 0.05) is 20.8 Å². The first-order chi connectivity index (χ1) is 17.8. The molecule has 2 aromatic rings. The molecule has 0 amide bonds. The molecule has 2 aromatic carbocycles. The molecule has 13 heteroatoms. The van der Waals surface area contributed by atoms with Crippen molar-refractivity contribution in [1.29, 1.82) is 5.41 Å². The molecule has 38 heavy (non-hydrogen) atoms. The van der Waals surface area contributed by atoms with E-state index in [1.165, 1.54) is 13.8 Å². The lowest BCUT2D eigenvalue weighted by molar-refractivity contribution is -0.298. The monoisotopic (exact) mass is 589 g/mol. The molecule has 0 spiro atoms. The van der Waals surface area contributed by atoms with E-state index in [0.29, 0.717) is 0 Å². The van der Waals surface area contributed by atoms with E-state index in [-0.39, 0.29) is 13.2 Å². The van der Waals surface area contributed by atoms with Crippen molar-refractivity contribution >= 4 is 69.4 Å². The molecule has 1 fully saturated rings. The molecule has 1 saturated heterocycles. The molecule has 1 aliphatic heterocycles. The molecule has 1 heterocycles. The standard InChI is InChI=1S/C25H26Cl3NO9/c1-13(30)33-12-19-20(35-14(2)31)21(34-11-16-8-9-17-6-4-5-7-18(17)10-16)22(36-15(3)32)23(37-19)38-24(29)25(26,27)28/h4-10,19-23,29H,11-12H2,1-3H3. The second kappa shape index (κ2) is 12.9. The number of alkyl halides is 3. The Kier molecular flexibility index (Phi) is 10.2. The van der Waals surface area contributed by atoms with Gasteiger partial charge in [-0.05, 0) is 22.4 Å². The molecular weight excluding hydrogens is 565 g/mol. The fourth-order valence-electron chi connectivity index (χ4n) is 3.85. The molecular formula is C25H26Cl3NO9. The number of ether oxygens (including phenoxy) is 6. The summed E-state index contributed by atoms with van der Waals surface area (Å²) in [5, 5.41) is 9.97. The van der Waals surface area contributed by atoms with Gasteiger partial charge in [-0.3, -0.25) is 19.8 Å². The van der Waals surface area contributed by atoms with Gasteiger partial charge in [0.05, 0.1) is 6.61 Å². The van der Waals surface area contributed by atoms with Gasteiger partial charge in [-0.2, -0.15) is 0 Å². The van der Waals surface area contributed by atoms with Crippen molar-refractivity contribution in [2.75, 3.05) is 6.61 Å². The first-order valence-electron chi connectivity index (χ1n) is 11.4. The third-order valence-corrected chi connectivity index (χ3v) is 5.91. The van der Waals surface area contributed by atoms with Gasteiger partial charge < -0.3 is 28.4 Å². The van der Waals surface area contributed by atoms with Crippen LogP contribution in [0.2, 0.25) is 0 Å². The maximum absolute atomic E-state index is 12.0. The molecule has 0 radical (unpaired) electrons. The second-order valence-corrected chi connectivity index (χ2v) is 10.7. The lowest BCUT2D eigenvalue weighted by Gasteiger charge is -2.44. The summed E-state index contributed by atoms with van der Waals surface area (Å²) in [5.41, 5.74) is 0.765. The van der Waals surface area contributed by atoms with Gasteiger partial charge in [0.2, 0.25) is 12.2 Å². The van der Waals surface area contributed by atoms with Gasteiger partial charge in [-0.25, -0.2) is 0 Å². The first kappa shape index (κ1) is 29.9. The predicted octanol–water partition coefficient (Wildman–Crippen LogP) is 4.24. The summed E-state index contributed by atoms with van der Waals surface area (Å²) in [6, 6.07) is 13.4. The Morgan fingerprint density at radius 2 is 1.50 bits per heavy atom. The Balaban J connectivity index is 1.98. The SMILES string of the molecule is CC(=O)OCC1OC(OC(=N)C(Cl)(Cl)Cl)C(OC(C)=O)C(OCc2ccc3ccccc3c2)C1OC(C)=O. The molecule has 1 aliphatic rings. The van der Waals surface area contributed by atoms with Gasteiger partial charge in [-0.15, -0.1) is 0 Å². The molecule has 3 rings (SSSR count). The summed E-state index contributed by atoms with van der Waals surface area (Å²) in [6.45, 7) is 3.12. The molecule has 0 bridgehead atoms. The van der Waals surface area contributed by atoms with Crippen molar-refractivity contribution in [2.24, 2.45) is 0 Å². The molecule has 0 aliphatic carbocycles. The molecule has 10 nitrogen and oxygen atoms in total. The van der Waals surface area contributed by atoms with Crippen LogP contribution in [-0.2, 0) is 49.4 Å². The molecule has 0 saturated carbocycles. The summed E-state index contributed by atoms with van der Waals surface area (Å²) in [4.78, 5) is 35.6. The van der Waals surface area contributed by atoms with Gasteiger partial charge in [0.15, 0.2) is 12.2 Å². The minimum absolute atomic E-state index is 0.0000611. The number of hydrogen-bond acceptors (Lipinski definition) is 10. The summed E-state index contributed by atoms with van der Waals surface area (Å²) in [7, 11) is 0. The zero-order valence-corrected chi connectivity index (χ0v) is 22.9. The summed E-state index contributed by atoms with van der Waals surface area (Å²) < 4.78 is 31.1. The van der Waals surface area contributed by atoms with Gasteiger partial charge in [0.1, 0.15) is 18.8 Å². The number of rotatable bonds is 8. The first-order valence-corrected chi connectivity index (χ1v) is 12.5. The fourth-order valence-corrected chi connectivity index (χ4v) is 3.99. The number of fused-ring (bicyclic) bond motifs is 1. The average molecular weight is 591 g/mol. The van der Waals surface area contributed by atoms with E-state index in [0.717, 1.165) is 23.3 Å². The highest BCUT2D eigenvalue weighted by molar-refractivity contribution is 6.76. The minimum atomic E-state index is -2.26. The Morgan fingerprint density at radius 1 is 0.868 bits per heavy atom. The Labute approximate surface area is 233 Å². The Hall–Kier alpha value is -2.63. The van der Waals surface area contributed by atoms with Crippen LogP contribution in [-0.4, -0.2) is 64.9 Å². The third kappa shape index (κ3) is 8.18. The second-order valence-electron chi connectivity index (χ2n) is 8.40. The van der Waals surface area contributed by atoms with Crippen LogP contribution in [0, 0.1) is 5.41 Å². The smallest absolute Gasteiger partial charge is 0.303 e. The number of carbonyl (C=O) groups is 3. The van der Waals surface area contributed by atoms with Crippen LogP contribution >= 0.6 is 34.8 Å². The molecule has 5 unspecified atom stereocenters. The highest BCUT2D eigenvalue weighted by Crippen LogP contribution is 2.34. The van der Waals surface area contributed by atoms with E-state index in [1.54, 1.807) is 0 Å². The highest BCUT2D eigenvalue weighted by atomic mass is 35.6. The van der Waals surface area contributed by atoms with Crippen molar-refractivity contribution in [1.82, 2.24) is 0 Å². The topological polar surface area (TPSA) is 130 Å². The van der Waals surface area contributed by atoms with Crippen LogP contribution < -0.4 is 0 Å². The zero-order valence-electron chi connectivity index (χ0n) is 20.7. The van der Waals surface area contributed by atoms with Crippen LogP contribution in [0.15, 0.2) is 42.5 Å². The van der Waals surface area contributed by atoms with Crippen LogP contribution in [0.25, 0.3) is 10.8 Å². The number of halogens is 3. The lowest BCUT2D eigenvalue weighted by Crippen LogP contribution is -2.63. The van der Waals surface area contributed by atoms with E-state index >= 15 is 0 Å². The number of benzene rings is 2. The summed E-state index contributed by atoms with van der Waals surface area (Å²) in [5.74, 6) is -2.89. The Morgan fingerprint density at radius 3 is 2.11 bits per heavy atom. The van der Waals surface area contributed by atoms with Gasteiger partial charge in [0.25, 0.3) is 3.79 Å². The van der Waals surface area contributed by atoms with E-state index < -0.39 is 58.3 Å². The number of carbonyl (C=O) groups excluding carboxylic acids is 3. The van der Waals surface area contributed by atoms with E-state index in [9.17, 15) is 14.4 Å². The number of nitrogens with one attached hydrogen (secondary N) is 1. The molecule has 0 aromatic heterocycles. The van der Waals surface area contributed by atoms with Crippen molar-refractivity contribution < 1.29 is 42.8 Å². The predicted molar refractivity (Wildman–Crippen MR) is 138 cm³/mol. The average Bonchev–Trinajstić information content (AvgIpc) is 2.82. The Bertz CT molecular complexity index is 1190. The quantitative estimate of drug-likeness (QED) is 0.158. The van der Waals surface area contributed by atoms with Gasteiger partial charge >= 0.3 is 17.9 Å². The maximum atomic E-state index is 12.0. The lowest BCUT2D eigenvalue weighted by atomic mass is 9.98. The summed E-state index contributed by atoms with van der Waals surface area (Å²) >= 11 is 17.3. The van der Waals surface area contributed by atoms with Crippen molar-refractivity contribution in [3.05, 3.63) is 48.0 Å². The maximum Gasteiger partial charge on any atom is 0.303 e. The van der Waals surface area contributed by atoms with Crippen molar-refractivity contribution in [2.45, 2.75) is 61.9 Å². The molecule has 206 valence electrons. The molecule has 1 N–H and O–H groups in total. The van der Waals surface area contributed by atoms with Crippen LogP contribution in [0.4, 0.5) is 0 Å². The number of esters is 3. The normalized spacial score (nSPS) is 23.4.